The van der Waals surface area contributed by atoms with Gasteiger partial charge in [0.1, 0.15) is 5.69 Å². The van der Waals surface area contributed by atoms with Crippen molar-refractivity contribution in [2.24, 2.45) is 5.92 Å². The molecule has 0 aliphatic heterocycles. The average Bonchev–Trinajstić information content (AvgIpc) is 2.37. The van der Waals surface area contributed by atoms with Crippen molar-refractivity contribution in [2.45, 2.75) is 39.0 Å². The Hall–Kier alpha value is -1.09. The first-order valence-corrected chi connectivity index (χ1v) is 6.88. The Balaban J connectivity index is 2.51. The largest absolute Gasteiger partial charge is 0.349 e. The zero-order valence-electron chi connectivity index (χ0n) is 11.2. The molecule has 1 aromatic heterocycles. The summed E-state index contributed by atoms with van der Waals surface area (Å²) in [4.78, 5) is 16.0. The van der Waals surface area contributed by atoms with Gasteiger partial charge in [-0.1, -0.05) is 32.8 Å². The molecule has 1 rings (SSSR count). The molecule has 4 heteroatoms. The number of amides is 1. The minimum Gasteiger partial charge on any atom is -0.349 e. The van der Waals surface area contributed by atoms with E-state index >= 15 is 0 Å². The number of pyridine rings is 1. The molecule has 0 saturated carbocycles. The highest BCUT2D eigenvalue weighted by Gasteiger charge is 2.17. The van der Waals surface area contributed by atoms with Gasteiger partial charge in [0.2, 0.25) is 0 Å². The maximum Gasteiger partial charge on any atom is 0.269 e. The van der Waals surface area contributed by atoms with Crippen LogP contribution in [0.2, 0.25) is 0 Å². The summed E-state index contributed by atoms with van der Waals surface area (Å²) in [7, 11) is 0. The fraction of sp³-hybridized carbons (Fsp3) is 0.571. The van der Waals surface area contributed by atoms with Gasteiger partial charge < -0.3 is 5.32 Å². The summed E-state index contributed by atoms with van der Waals surface area (Å²) in [5.74, 6) is 0.285. The van der Waals surface area contributed by atoms with Crippen molar-refractivity contribution in [1.82, 2.24) is 10.3 Å². The molecule has 0 aliphatic carbocycles. The van der Waals surface area contributed by atoms with Crippen LogP contribution >= 0.6 is 11.6 Å². The molecule has 18 heavy (non-hydrogen) atoms. The topological polar surface area (TPSA) is 42.0 Å². The van der Waals surface area contributed by atoms with E-state index in [-0.39, 0.29) is 11.3 Å². The second-order valence-electron chi connectivity index (χ2n) is 4.47. The van der Waals surface area contributed by atoms with Crippen molar-refractivity contribution in [3.63, 3.8) is 0 Å². The van der Waals surface area contributed by atoms with Crippen molar-refractivity contribution < 1.29 is 4.79 Å². The van der Waals surface area contributed by atoms with Gasteiger partial charge in [-0.3, -0.25) is 4.79 Å². The first-order valence-electron chi connectivity index (χ1n) is 6.44. The highest BCUT2D eigenvalue weighted by molar-refractivity contribution is 6.21. The van der Waals surface area contributed by atoms with Crippen molar-refractivity contribution in [1.29, 1.82) is 0 Å². The first-order chi connectivity index (χ1) is 8.58. The van der Waals surface area contributed by atoms with Crippen LogP contribution in [0.25, 0.3) is 0 Å². The van der Waals surface area contributed by atoms with E-state index in [4.69, 9.17) is 11.6 Å². The standard InChI is InChI=1S/C14H21ClN2O/c1-4-11(5-2)12(15)9-16-14(18)13-8-6-7-10(3)17-13/h6-8,11-12H,4-5,9H2,1-3H3,(H,16,18). The van der Waals surface area contributed by atoms with Crippen molar-refractivity contribution in [3.8, 4) is 0 Å². The Morgan fingerprint density at radius 1 is 1.39 bits per heavy atom. The lowest BCUT2D eigenvalue weighted by molar-refractivity contribution is 0.0946. The summed E-state index contributed by atoms with van der Waals surface area (Å²) in [6.45, 7) is 6.59. The summed E-state index contributed by atoms with van der Waals surface area (Å²) in [6.07, 6.45) is 2.06. The fourth-order valence-electron chi connectivity index (χ4n) is 1.92. The van der Waals surface area contributed by atoms with Crippen molar-refractivity contribution >= 4 is 17.5 Å². The first kappa shape index (κ1) is 15.0. The van der Waals surface area contributed by atoms with E-state index in [2.05, 4.69) is 24.1 Å². The van der Waals surface area contributed by atoms with E-state index < -0.39 is 0 Å². The quantitative estimate of drug-likeness (QED) is 0.806. The lowest BCUT2D eigenvalue weighted by atomic mass is 9.99. The molecule has 0 bridgehead atoms. The van der Waals surface area contributed by atoms with Crippen LogP contribution in [0.5, 0.6) is 0 Å². The molecule has 1 aromatic rings. The third kappa shape index (κ3) is 4.30. The number of hydrogen-bond acceptors (Lipinski definition) is 2. The number of hydrogen-bond donors (Lipinski definition) is 1. The second kappa shape index (κ2) is 7.37. The zero-order valence-corrected chi connectivity index (χ0v) is 12.0. The molecule has 100 valence electrons. The molecule has 1 unspecified atom stereocenters. The molecule has 0 fully saturated rings. The Morgan fingerprint density at radius 2 is 2.06 bits per heavy atom. The summed E-state index contributed by atoms with van der Waals surface area (Å²) in [5.41, 5.74) is 1.29. The minimum absolute atomic E-state index is 0.0197. The highest BCUT2D eigenvalue weighted by atomic mass is 35.5. The average molecular weight is 269 g/mol. The molecule has 0 saturated heterocycles. The predicted octanol–water partition coefficient (Wildman–Crippen LogP) is 3.16. The number of carbonyl (C=O) groups is 1. The van der Waals surface area contributed by atoms with Crippen LogP contribution in [-0.2, 0) is 0 Å². The Bertz CT molecular complexity index is 391. The third-order valence-electron chi connectivity index (χ3n) is 3.14. The molecule has 0 radical (unpaired) electrons. The number of aromatic nitrogens is 1. The lowest BCUT2D eigenvalue weighted by Gasteiger charge is -2.19. The number of halogens is 1. The smallest absolute Gasteiger partial charge is 0.269 e. The fourth-order valence-corrected chi connectivity index (χ4v) is 2.35. The van der Waals surface area contributed by atoms with Gasteiger partial charge in [-0.15, -0.1) is 11.6 Å². The third-order valence-corrected chi connectivity index (χ3v) is 3.65. The number of rotatable bonds is 6. The molecule has 0 aliphatic rings. The van der Waals surface area contributed by atoms with Gasteiger partial charge in [0, 0.05) is 12.2 Å². The van der Waals surface area contributed by atoms with E-state index in [1.807, 2.05) is 19.1 Å². The van der Waals surface area contributed by atoms with Crippen LogP contribution in [0.4, 0.5) is 0 Å². The van der Waals surface area contributed by atoms with E-state index in [0.29, 0.717) is 18.2 Å². The summed E-state index contributed by atoms with van der Waals surface area (Å²) >= 11 is 6.27. The van der Waals surface area contributed by atoms with E-state index in [1.54, 1.807) is 6.07 Å². The Kier molecular flexibility index (Phi) is 6.13. The van der Waals surface area contributed by atoms with Crippen LogP contribution in [0, 0.1) is 12.8 Å². The molecule has 1 heterocycles. The highest BCUT2D eigenvalue weighted by Crippen LogP contribution is 2.17. The molecular formula is C14H21ClN2O. The zero-order chi connectivity index (χ0) is 13.5. The van der Waals surface area contributed by atoms with Crippen LogP contribution in [-0.4, -0.2) is 22.8 Å². The maximum absolute atomic E-state index is 11.9. The predicted molar refractivity (Wildman–Crippen MR) is 75.0 cm³/mol. The summed E-state index contributed by atoms with van der Waals surface area (Å²) in [6, 6.07) is 5.41. The normalized spacial score (nSPS) is 12.5. The number of carbonyl (C=O) groups excluding carboxylic acids is 1. The van der Waals surface area contributed by atoms with Crippen LogP contribution in [0.1, 0.15) is 42.9 Å². The molecule has 0 aromatic carbocycles. The van der Waals surface area contributed by atoms with Gasteiger partial charge in [0.15, 0.2) is 0 Å². The SMILES string of the molecule is CCC(CC)C(Cl)CNC(=O)c1cccc(C)n1. The van der Waals surface area contributed by atoms with Gasteiger partial charge in [-0.25, -0.2) is 4.98 Å². The summed E-state index contributed by atoms with van der Waals surface area (Å²) in [5, 5.41) is 2.82. The maximum atomic E-state index is 11.9. The van der Waals surface area contributed by atoms with Crippen LogP contribution in [0.15, 0.2) is 18.2 Å². The number of nitrogens with zero attached hydrogens (tertiary/aromatic N) is 1. The molecule has 1 N–H and O–H groups in total. The Labute approximate surface area is 114 Å². The van der Waals surface area contributed by atoms with E-state index in [0.717, 1.165) is 18.5 Å². The van der Waals surface area contributed by atoms with Gasteiger partial charge in [0.05, 0.1) is 5.38 Å². The number of aryl methyl sites for hydroxylation is 1. The van der Waals surface area contributed by atoms with Gasteiger partial charge in [-0.05, 0) is 25.0 Å². The van der Waals surface area contributed by atoms with E-state index in [9.17, 15) is 4.79 Å². The number of nitrogens with one attached hydrogen (secondary N) is 1. The van der Waals surface area contributed by atoms with Gasteiger partial charge >= 0.3 is 0 Å². The van der Waals surface area contributed by atoms with Crippen molar-refractivity contribution in [3.05, 3.63) is 29.6 Å². The minimum atomic E-state index is -0.157. The molecule has 1 atom stereocenters. The van der Waals surface area contributed by atoms with E-state index in [1.165, 1.54) is 0 Å². The summed E-state index contributed by atoms with van der Waals surface area (Å²) < 4.78 is 0. The molecule has 1 amide bonds. The monoisotopic (exact) mass is 268 g/mol. The molecule has 0 spiro atoms. The van der Waals surface area contributed by atoms with Crippen LogP contribution < -0.4 is 5.32 Å². The van der Waals surface area contributed by atoms with Crippen LogP contribution in [0.3, 0.4) is 0 Å². The van der Waals surface area contributed by atoms with Gasteiger partial charge in [0.25, 0.3) is 5.91 Å². The molecule has 3 nitrogen and oxygen atoms in total. The van der Waals surface area contributed by atoms with Gasteiger partial charge in [-0.2, -0.15) is 0 Å². The second-order valence-corrected chi connectivity index (χ2v) is 5.03. The molecular weight excluding hydrogens is 248 g/mol. The van der Waals surface area contributed by atoms with Crippen molar-refractivity contribution in [2.75, 3.05) is 6.54 Å². The lowest BCUT2D eigenvalue weighted by Crippen LogP contribution is -2.33. The Morgan fingerprint density at radius 3 is 2.61 bits per heavy atom. The number of alkyl halides is 1.